The van der Waals surface area contributed by atoms with Crippen LogP contribution in [0.15, 0.2) is 46.9 Å². The zero-order valence-electron chi connectivity index (χ0n) is 20.3. The molecule has 0 atom stereocenters. The van der Waals surface area contributed by atoms with Crippen molar-refractivity contribution in [2.75, 3.05) is 26.2 Å². The summed E-state index contributed by atoms with van der Waals surface area (Å²) >= 11 is 5.44. The lowest BCUT2D eigenvalue weighted by atomic mass is 10.0. The number of rotatable bonds is 7. The van der Waals surface area contributed by atoms with Gasteiger partial charge in [-0.2, -0.15) is 0 Å². The van der Waals surface area contributed by atoms with Crippen LogP contribution in [0.3, 0.4) is 0 Å². The number of halogens is 1. The van der Waals surface area contributed by atoms with Crippen molar-refractivity contribution in [3.63, 3.8) is 0 Å². The predicted molar refractivity (Wildman–Crippen MR) is 147 cm³/mol. The average molecular weight is 557 g/mol. The molecule has 2 aliphatic heterocycles. The second-order valence-electron chi connectivity index (χ2n) is 9.88. The molecule has 1 aromatic heterocycles. The molecule has 7 heteroatoms. The van der Waals surface area contributed by atoms with Crippen molar-refractivity contribution in [2.24, 2.45) is 0 Å². The van der Waals surface area contributed by atoms with Crippen LogP contribution in [0, 0.1) is 6.92 Å². The Morgan fingerprint density at radius 3 is 2.69 bits per heavy atom. The Hall–Kier alpha value is -1.93. The fourth-order valence-corrected chi connectivity index (χ4v) is 6.63. The molecule has 5 nitrogen and oxygen atoms in total. The number of carbonyl (C=O) groups excluding carboxylic acids is 1. The summed E-state index contributed by atoms with van der Waals surface area (Å²) in [6.45, 7) is 7.09. The number of aryl methyl sites for hydroxylation is 1. The lowest BCUT2D eigenvalue weighted by Crippen LogP contribution is -2.44. The van der Waals surface area contributed by atoms with E-state index in [0.717, 1.165) is 73.5 Å². The molecule has 0 spiro atoms. The van der Waals surface area contributed by atoms with E-state index in [1.54, 1.807) is 11.3 Å². The van der Waals surface area contributed by atoms with Gasteiger partial charge < -0.3 is 15.4 Å². The highest BCUT2D eigenvalue weighted by Crippen LogP contribution is 2.29. The van der Waals surface area contributed by atoms with Crippen LogP contribution < -0.4 is 15.4 Å². The van der Waals surface area contributed by atoms with Gasteiger partial charge in [-0.05, 0) is 96.8 Å². The molecule has 186 valence electrons. The number of benzene rings is 2. The molecule has 0 saturated carbocycles. The maximum absolute atomic E-state index is 12.7. The summed E-state index contributed by atoms with van der Waals surface area (Å²) in [6.07, 6.45) is 4.88. The van der Waals surface area contributed by atoms with Crippen LogP contribution >= 0.6 is 27.3 Å². The Labute approximate surface area is 220 Å². The standard InChI is InChI=1S/C28H34BrN3O2S/c1-19-2-5-27-21(14-19)16-24(35-27)17-28(33)31-22-8-12-32(13-9-22)18-20-3-4-26(25(29)15-20)34-23-6-10-30-11-7-23/h2-5,14-16,22-23,30H,6-13,17-18H2,1H3,(H,31,33). The number of hydrogen-bond donors (Lipinski definition) is 2. The van der Waals surface area contributed by atoms with Crippen LogP contribution in [0.5, 0.6) is 5.75 Å². The van der Waals surface area contributed by atoms with Gasteiger partial charge in [-0.3, -0.25) is 9.69 Å². The lowest BCUT2D eigenvalue weighted by Gasteiger charge is -2.32. The summed E-state index contributed by atoms with van der Waals surface area (Å²) < 4.78 is 8.50. The van der Waals surface area contributed by atoms with Crippen LogP contribution in [0.1, 0.15) is 41.7 Å². The molecule has 3 aromatic rings. The number of hydrogen-bond acceptors (Lipinski definition) is 5. The number of likely N-dealkylation sites (tertiary alicyclic amines) is 1. The van der Waals surface area contributed by atoms with Gasteiger partial charge in [0.1, 0.15) is 11.9 Å². The van der Waals surface area contributed by atoms with E-state index in [2.05, 4.69) is 80.9 Å². The number of amides is 1. The minimum absolute atomic E-state index is 0.139. The number of carbonyl (C=O) groups is 1. The summed E-state index contributed by atoms with van der Waals surface area (Å²) in [5, 5.41) is 7.90. The fourth-order valence-electron chi connectivity index (χ4n) is 5.07. The molecule has 5 rings (SSSR count). The van der Waals surface area contributed by atoms with Crippen molar-refractivity contribution in [3.8, 4) is 5.75 Å². The summed E-state index contributed by atoms with van der Waals surface area (Å²) in [4.78, 5) is 16.3. The molecular weight excluding hydrogens is 522 g/mol. The van der Waals surface area contributed by atoms with Crippen molar-refractivity contribution in [1.82, 2.24) is 15.5 Å². The third kappa shape index (κ3) is 6.64. The van der Waals surface area contributed by atoms with Crippen molar-refractivity contribution in [1.29, 1.82) is 0 Å². The van der Waals surface area contributed by atoms with Gasteiger partial charge in [0, 0.05) is 35.3 Å². The molecule has 0 unspecified atom stereocenters. The summed E-state index contributed by atoms with van der Waals surface area (Å²) in [5.74, 6) is 1.08. The minimum Gasteiger partial charge on any atom is -0.489 e. The third-order valence-corrected chi connectivity index (χ3v) is 8.73. The van der Waals surface area contributed by atoms with Gasteiger partial charge in [0.2, 0.25) is 5.91 Å². The Kier molecular flexibility index (Phi) is 8.07. The van der Waals surface area contributed by atoms with Gasteiger partial charge in [-0.25, -0.2) is 0 Å². The molecule has 2 fully saturated rings. The van der Waals surface area contributed by atoms with E-state index < -0.39 is 0 Å². The Balaban J connectivity index is 1.07. The quantitative estimate of drug-likeness (QED) is 0.408. The van der Waals surface area contributed by atoms with E-state index in [0.29, 0.717) is 12.5 Å². The molecule has 3 heterocycles. The van der Waals surface area contributed by atoms with Gasteiger partial charge in [-0.1, -0.05) is 23.8 Å². The number of ether oxygens (including phenoxy) is 1. The monoisotopic (exact) mass is 555 g/mol. The minimum atomic E-state index is 0.139. The van der Waals surface area contributed by atoms with E-state index in [-0.39, 0.29) is 11.9 Å². The number of piperidine rings is 2. The topological polar surface area (TPSA) is 53.6 Å². The molecule has 2 aliphatic rings. The molecule has 2 N–H and O–H groups in total. The Bertz CT molecular complexity index is 1170. The molecule has 0 aliphatic carbocycles. The van der Waals surface area contributed by atoms with Crippen molar-refractivity contribution >= 4 is 43.3 Å². The molecule has 0 radical (unpaired) electrons. The maximum Gasteiger partial charge on any atom is 0.225 e. The van der Waals surface area contributed by atoms with Gasteiger partial charge in [0.05, 0.1) is 10.9 Å². The smallest absolute Gasteiger partial charge is 0.225 e. The SMILES string of the molecule is Cc1ccc2sc(CC(=O)NC3CCN(Cc4ccc(OC5CCNCC5)c(Br)c4)CC3)cc2c1. The predicted octanol–water partition coefficient (Wildman–Crippen LogP) is 5.43. The van der Waals surface area contributed by atoms with Gasteiger partial charge in [0.15, 0.2) is 0 Å². The van der Waals surface area contributed by atoms with Gasteiger partial charge in [0.25, 0.3) is 0 Å². The average Bonchev–Trinajstić information content (AvgIpc) is 3.24. The molecule has 35 heavy (non-hydrogen) atoms. The largest absolute Gasteiger partial charge is 0.489 e. The van der Waals surface area contributed by atoms with E-state index in [1.165, 1.54) is 21.2 Å². The molecule has 1 amide bonds. The highest BCUT2D eigenvalue weighted by molar-refractivity contribution is 9.10. The number of nitrogens with one attached hydrogen (secondary N) is 2. The summed E-state index contributed by atoms with van der Waals surface area (Å²) in [6, 6.07) is 15.4. The second-order valence-corrected chi connectivity index (χ2v) is 11.9. The first-order valence-corrected chi connectivity index (χ1v) is 14.3. The number of thiophene rings is 1. The lowest BCUT2D eigenvalue weighted by molar-refractivity contribution is -0.121. The van der Waals surface area contributed by atoms with Crippen molar-refractivity contribution in [3.05, 3.63) is 62.9 Å². The van der Waals surface area contributed by atoms with Gasteiger partial charge in [-0.15, -0.1) is 11.3 Å². The van der Waals surface area contributed by atoms with E-state index in [9.17, 15) is 4.79 Å². The molecular formula is C28H34BrN3O2S. The number of nitrogens with zero attached hydrogens (tertiary/aromatic N) is 1. The highest BCUT2D eigenvalue weighted by Gasteiger charge is 2.22. The second kappa shape index (κ2) is 11.4. The van der Waals surface area contributed by atoms with Crippen LogP contribution in [-0.2, 0) is 17.8 Å². The maximum atomic E-state index is 12.7. The van der Waals surface area contributed by atoms with Crippen molar-refractivity contribution < 1.29 is 9.53 Å². The van der Waals surface area contributed by atoms with Crippen LogP contribution in [0.4, 0.5) is 0 Å². The third-order valence-electron chi connectivity index (χ3n) is 6.99. The Morgan fingerprint density at radius 1 is 1.11 bits per heavy atom. The number of fused-ring (bicyclic) bond motifs is 1. The van der Waals surface area contributed by atoms with Crippen LogP contribution in [0.25, 0.3) is 10.1 Å². The first-order chi connectivity index (χ1) is 17.0. The molecule has 2 saturated heterocycles. The zero-order chi connectivity index (χ0) is 24.2. The fraction of sp³-hybridized carbons (Fsp3) is 0.464. The zero-order valence-corrected chi connectivity index (χ0v) is 22.7. The van der Waals surface area contributed by atoms with Gasteiger partial charge >= 0.3 is 0 Å². The molecule has 0 bridgehead atoms. The van der Waals surface area contributed by atoms with E-state index in [4.69, 9.17) is 4.74 Å². The summed E-state index contributed by atoms with van der Waals surface area (Å²) in [5.41, 5.74) is 2.55. The van der Waals surface area contributed by atoms with E-state index >= 15 is 0 Å². The highest BCUT2D eigenvalue weighted by atomic mass is 79.9. The van der Waals surface area contributed by atoms with Crippen LogP contribution in [-0.4, -0.2) is 49.1 Å². The Morgan fingerprint density at radius 2 is 1.91 bits per heavy atom. The normalized spacial score (nSPS) is 18.1. The van der Waals surface area contributed by atoms with E-state index in [1.807, 2.05) is 0 Å². The first-order valence-electron chi connectivity index (χ1n) is 12.7. The summed E-state index contributed by atoms with van der Waals surface area (Å²) in [7, 11) is 0. The first kappa shape index (κ1) is 24.8. The van der Waals surface area contributed by atoms with Crippen molar-refractivity contribution in [2.45, 2.75) is 57.7 Å². The molecule has 2 aromatic carbocycles. The van der Waals surface area contributed by atoms with Crippen LogP contribution in [0.2, 0.25) is 0 Å².